The fraction of sp³-hybridized carbons (Fsp3) is 0.750. The molecular weight excluding hydrogens is 190 g/mol. The van der Waals surface area contributed by atoms with Crippen molar-refractivity contribution in [2.75, 3.05) is 0 Å². The zero-order valence-corrected chi connectivity index (χ0v) is 10.7. The normalized spacial score (nSPS) is 12.4. The van der Waals surface area contributed by atoms with Crippen molar-refractivity contribution >= 4 is 11.3 Å². The lowest BCUT2D eigenvalue weighted by molar-refractivity contribution is 0.405. The van der Waals surface area contributed by atoms with Gasteiger partial charge in [0.25, 0.3) is 0 Å². The van der Waals surface area contributed by atoms with Crippen LogP contribution in [0.3, 0.4) is 0 Å². The van der Waals surface area contributed by atoms with Gasteiger partial charge >= 0.3 is 0 Å². The van der Waals surface area contributed by atoms with Gasteiger partial charge in [-0.3, -0.25) is 0 Å². The van der Waals surface area contributed by atoms with Crippen LogP contribution >= 0.6 is 11.3 Å². The minimum absolute atomic E-state index is 0.347. The fourth-order valence-corrected chi connectivity index (χ4v) is 2.47. The minimum atomic E-state index is 0.347. The smallest absolute Gasteiger partial charge is 0.0797 e. The van der Waals surface area contributed by atoms with Crippen LogP contribution < -0.4 is 0 Å². The SMILES string of the molecule is CC(C)Cc1scnc1CC(C)(C)C. The number of nitrogens with zero attached hydrogens (tertiary/aromatic N) is 1. The van der Waals surface area contributed by atoms with E-state index in [1.807, 2.05) is 16.8 Å². The maximum absolute atomic E-state index is 4.47. The second kappa shape index (κ2) is 4.43. The lowest BCUT2D eigenvalue weighted by atomic mass is 9.89. The molecule has 0 aromatic carbocycles. The molecule has 80 valence electrons. The Hall–Kier alpha value is -0.370. The van der Waals surface area contributed by atoms with Crippen molar-refractivity contribution in [2.24, 2.45) is 11.3 Å². The molecule has 1 aromatic rings. The molecule has 0 N–H and O–H groups in total. The topological polar surface area (TPSA) is 12.9 Å². The third-order valence-corrected chi connectivity index (χ3v) is 2.91. The van der Waals surface area contributed by atoms with Crippen LogP contribution in [0.15, 0.2) is 5.51 Å². The van der Waals surface area contributed by atoms with Crippen LogP contribution in [0.1, 0.15) is 45.2 Å². The first-order valence-corrected chi connectivity index (χ1v) is 6.17. The van der Waals surface area contributed by atoms with Crippen molar-refractivity contribution in [3.05, 3.63) is 16.1 Å². The molecule has 0 saturated heterocycles. The minimum Gasteiger partial charge on any atom is -0.249 e. The lowest BCUT2D eigenvalue weighted by Gasteiger charge is -2.17. The molecule has 0 aliphatic rings. The van der Waals surface area contributed by atoms with Gasteiger partial charge in [-0.15, -0.1) is 11.3 Å². The van der Waals surface area contributed by atoms with E-state index in [0.29, 0.717) is 5.41 Å². The first kappa shape index (κ1) is 11.7. The summed E-state index contributed by atoms with van der Waals surface area (Å²) >= 11 is 1.81. The van der Waals surface area contributed by atoms with Crippen LogP contribution in [-0.4, -0.2) is 4.98 Å². The van der Waals surface area contributed by atoms with Gasteiger partial charge in [0, 0.05) is 4.88 Å². The van der Waals surface area contributed by atoms with Gasteiger partial charge in [-0.2, -0.15) is 0 Å². The molecule has 0 bridgehead atoms. The van der Waals surface area contributed by atoms with Gasteiger partial charge in [-0.25, -0.2) is 4.98 Å². The van der Waals surface area contributed by atoms with E-state index in [9.17, 15) is 0 Å². The van der Waals surface area contributed by atoms with Gasteiger partial charge in [0.05, 0.1) is 11.2 Å². The Morgan fingerprint density at radius 1 is 1.36 bits per heavy atom. The summed E-state index contributed by atoms with van der Waals surface area (Å²) in [7, 11) is 0. The number of hydrogen-bond donors (Lipinski definition) is 0. The number of aromatic nitrogens is 1. The van der Waals surface area contributed by atoms with Gasteiger partial charge < -0.3 is 0 Å². The van der Waals surface area contributed by atoms with E-state index < -0.39 is 0 Å². The van der Waals surface area contributed by atoms with E-state index in [0.717, 1.165) is 12.3 Å². The summed E-state index contributed by atoms with van der Waals surface area (Å²) in [5.41, 5.74) is 3.65. The number of thiazole rings is 1. The number of hydrogen-bond acceptors (Lipinski definition) is 2. The Kier molecular flexibility index (Phi) is 3.71. The molecule has 1 heterocycles. The molecule has 14 heavy (non-hydrogen) atoms. The highest BCUT2D eigenvalue weighted by molar-refractivity contribution is 7.09. The average molecular weight is 211 g/mol. The predicted molar refractivity (Wildman–Crippen MR) is 63.8 cm³/mol. The summed E-state index contributed by atoms with van der Waals surface area (Å²) < 4.78 is 0. The van der Waals surface area contributed by atoms with Gasteiger partial charge in [-0.1, -0.05) is 34.6 Å². The molecule has 0 fully saturated rings. The average Bonchev–Trinajstić information content (AvgIpc) is 2.32. The molecule has 0 spiro atoms. The van der Waals surface area contributed by atoms with E-state index in [2.05, 4.69) is 39.6 Å². The monoisotopic (exact) mass is 211 g/mol. The van der Waals surface area contributed by atoms with Gasteiger partial charge in [-0.05, 0) is 24.2 Å². The largest absolute Gasteiger partial charge is 0.249 e. The molecule has 1 nitrogen and oxygen atoms in total. The molecular formula is C12H21NS. The van der Waals surface area contributed by atoms with Crippen molar-refractivity contribution in [1.82, 2.24) is 4.98 Å². The van der Waals surface area contributed by atoms with Crippen molar-refractivity contribution in [3.63, 3.8) is 0 Å². The third kappa shape index (κ3) is 3.79. The first-order valence-electron chi connectivity index (χ1n) is 5.30. The Morgan fingerprint density at radius 2 is 2.00 bits per heavy atom. The Balaban J connectivity index is 2.72. The van der Waals surface area contributed by atoms with Crippen LogP contribution in [0.25, 0.3) is 0 Å². The van der Waals surface area contributed by atoms with E-state index in [-0.39, 0.29) is 0 Å². The molecule has 1 aromatic heterocycles. The van der Waals surface area contributed by atoms with E-state index >= 15 is 0 Å². The van der Waals surface area contributed by atoms with E-state index in [4.69, 9.17) is 0 Å². The van der Waals surface area contributed by atoms with Crippen LogP contribution in [0.5, 0.6) is 0 Å². The Bertz CT molecular complexity index is 281. The lowest BCUT2D eigenvalue weighted by Crippen LogP contribution is -2.11. The highest BCUT2D eigenvalue weighted by Gasteiger charge is 2.16. The highest BCUT2D eigenvalue weighted by atomic mass is 32.1. The standard InChI is InChI=1S/C12H21NS/c1-9(2)6-11-10(13-8-14-11)7-12(3,4)5/h8-9H,6-7H2,1-5H3. The zero-order valence-electron chi connectivity index (χ0n) is 9.92. The first-order chi connectivity index (χ1) is 6.38. The fourth-order valence-electron chi connectivity index (χ4n) is 1.48. The predicted octanol–water partition coefficient (Wildman–Crippen LogP) is 3.93. The Labute approximate surface area is 91.6 Å². The summed E-state index contributed by atoms with van der Waals surface area (Å²) in [6.45, 7) is 11.3. The van der Waals surface area contributed by atoms with Crippen molar-refractivity contribution < 1.29 is 0 Å². The Morgan fingerprint density at radius 3 is 2.50 bits per heavy atom. The second-order valence-corrected chi connectivity index (χ2v) is 6.50. The second-order valence-electron chi connectivity index (χ2n) is 5.56. The van der Waals surface area contributed by atoms with Gasteiger partial charge in [0.2, 0.25) is 0 Å². The molecule has 0 unspecified atom stereocenters. The van der Waals surface area contributed by atoms with Crippen molar-refractivity contribution in [1.29, 1.82) is 0 Å². The zero-order chi connectivity index (χ0) is 10.8. The maximum atomic E-state index is 4.47. The van der Waals surface area contributed by atoms with Gasteiger partial charge in [0.15, 0.2) is 0 Å². The van der Waals surface area contributed by atoms with Gasteiger partial charge in [0.1, 0.15) is 0 Å². The highest BCUT2D eigenvalue weighted by Crippen LogP contribution is 2.25. The van der Waals surface area contributed by atoms with Crippen LogP contribution in [0, 0.1) is 11.3 Å². The summed E-state index contributed by atoms with van der Waals surface area (Å²) in [5.74, 6) is 0.731. The summed E-state index contributed by atoms with van der Waals surface area (Å²) in [6.07, 6.45) is 2.27. The van der Waals surface area contributed by atoms with Crippen LogP contribution in [0.4, 0.5) is 0 Å². The van der Waals surface area contributed by atoms with Crippen LogP contribution in [0.2, 0.25) is 0 Å². The van der Waals surface area contributed by atoms with E-state index in [1.54, 1.807) is 0 Å². The molecule has 0 radical (unpaired) electrons. The summed E-state index contributed by atoms with van der Waals surface area (Å²) in [4.78, 5) is 5.95. The quantitative estimate of drug-likeness (QED) is 0.738. The molecule has 1 rings (SSSR count). The third-order valence-electron chi connectivity index (χ3n) is 2.02. The van der Waals surface area contributed by atoms with Crippen molar-refractivity contribution in [2.45, 2.75) is 47.5 Å². The summed E-state index contributed by atoms with van der Waals surface area (Å²) in [6, 6.07) is 0. The molecule has 2 heteroatoms. The maximum Gasteiger partial charge on any atom is 0.0797 e. The molecule has 0 amide bonds. The number of rotatable bonds is 3. The van der Waals surface area contributed by atoms with Crippen LogP contribution in [-0.2, 0) is 12.8 Å². The molecule has 0 aliphatic heterocycles. The van der Waals surface area contributed by atoms with E-state index in [1.165, 1.54) is 17.0 Å². The molecule has 0 saturated carbocycles. The molecule has 0 aliphatic carbocycles. The summed E-state index contributed by atoms with van der Waals surface area (Å²) in [5, 5.41) is 0. The molecule has 0 atom stereocenters. The van der Waals surface area contributed by atoms with Crippen molar-refractivity contribution in [3.8, 4) is 0 Å².